The summed E-state index contributed by atoms with van der Waals surface area (Å²) in [5.41, 5.74) is 1.18. The summed E-state index contributed by atoms with van der Waals surface area (Å²) in [6.07, 6.45) is -4.37. The average molecular weight is 324 g/mol. The predicted molar refractivity (Wildman–Crippen MR) is 81.9 cm³/mol. The molecule has 122 valence electrons. The van der Waals surface area contributed by atoms with Crippen LogP contribution in [-0.4, -0.2) is 26.2 Å². The molecule has 6 heteroatoms. The fourth-order valence-electron chi connectivity index (χ4n) is 2.70. The number of hydrogen-bond donors (Lipinski definition) is 1. The van der Waals surface area contributed by atoms with Crippen LogP contribution >= 0.6 is 0 Å². The first-order valence-corrected chi connectivity index (χ1v) is 7.37. The van der Waals surface area contributed by atoms with E-state index in [9.17, 15) is 17.6 Å². The molecule has 0 bridgehead atoms. The van der Waals surface area contributed by atoms with Crippen LogP contribution < -0.4 is 10.2 Å². The van der Waals surface area contributed by atoms with Gasteiger partial charge in [-0.1, -0.05) is 12.1 Å². The van der Waals surface area contributed by atoms with Gasteiger partial charge in [-0.25, -0.2) is 4.39 Å². The van der Waals surface area contributed by atoms with E-state index in [0.717, 1.165) is 44.0 Å². The number of nitrogens with one attached hydrogen (secondary N) is 1. The Morgan fingerprint density at radius 1 is 0.870 bits per heavy atom. The van der Waals surface area contributed by atoms with E-state index in [1.165, 1.54) is 24.3 Å². The third kappa shape index (κ3) is 3.64. The lowest BCUT2D eigenvalue weighted by atomic mass is 10.0. The molecule has 0 unspecified atom stereocenters. The summed E-state index contributed by atoms with van der Waals surface area (Å²) in [7, 11) is 0. The van der Waals surface area contributed by atoms with E-state index in [0.29, 0.717) is 11.1 Å². The van der Waals surface area contributed by atoms with Crippen LogP contribution in [0, 0.1) is 5.82 Å². The summed E-state index contributed by atoms with van der Waals surface area (Å²) in [5.74, 6) is -0.393. The molecule has 2 aromatic carbocycles. The zero-order valence-electron chi connectivity index (χ0n) is 12.3. The number of anilines is 1. The smallest absolute Gasteiger partial charge is 0.369 e. The van der Waals surface area contributed by atoms with E-state index in [1.54, 1.807) is 0 Å². The SMILES string of the molecule is Fc1cc(-c2ccc(C(F)(F)F)cc2)cc(N2CCNCC2)c1. The predicted octanol–water partition coefficient (Wildman–Crippen LogP) is 3.92. The lowest BCUT2D eigenvalue weighted by Crippen LogP contribution is -2.43. The van der Waals surface area contributed by atoms with Crippen LogP contribution in [0.4, 0.5) is 23.2 Å². The molecular weight excluding hydrogens is 308 g/mol. The van der Waals surface area contributed by atoms with Crippen LogP contribution in [-0.2, 0) is 6.18 Å². The highest BCUT2D eigenvalue weighted by molar-refractivity contribution is 5.69. The largest absolute Gasteiger partial charge is 0.416 e. The van der Waals surface area contributed by atoms with Crippen LogP contribution in [0.15, 0.2) is 42.5 Å². The minimum Gasteiger partial charge on any atom is -0.369 e. The Labute approximate surface area is 131 Å². The molecule has 0 aliphatic carbocycles. The second-order valence-electron chi connectivity index (χ2n) is 5.51. The van der Waals surface area contributed by atoms with Crippen LogP contribution in [0.1, 0.15) is 5.56 Å². The Morgan fingerprint density at radius 2 is 1.52 bits per heavy atom. The van der Waals surface area contributed by atoms with Crippen molar-refractivity contribution in [3.05, 3.63) is 53.8 Å². The molecule has 0 amide bonds. The summed E-state index contributed by atoms with van der Waals surface area (Å²) in [4.78, 5) is 2.06. The number of piperazine rings is 1. The van der Waals surface area contributed by atoms with E-state index in [2.05, 4.69) is 10.2 Å². The molecule has 2 aromatic rings. The Balaban J connectivity index is 1.91. The average Bonchev–Trinajstić information content (AvgIpc) is 2.54. The maximum absolute atomic E-state index is 13.9. The fraction of sp³-hybridized carbons (Fsp3) is 0.294. The van der Waals surface area contributed by atoms with Crippen molar-refractivity contribution in [2.45, 2.75) is 6.18 Å². The molecule has 1 N–H and O–H groups in total. The van der Waals surface area contributed by atoms with Crippen molar-refractivity contribution >= 4 is 5.69 Å². The Morgan fingerprint density at radius 3 is 2.13 bits per heavy atom. The van der Waals surface area contributed by atoms with E-state index >= 15 is 0 Å². The molecule has 0 radical (unpaired) electrons. The first-order chi connectivity index (χ1) is 10.9. The Kier molecular flexibility index (Phi) is 4.26. The molecule has 2 nitrogen and oxygen atoms in total. The number of rotatable bonds is 2. The van der Waals surface area contributed by atoms with Crippen LogP contribution in [0.3, 0.4) is 0 Å². The zero-order chi connectivity index (χ0) is 16.4. The van der Waals surface area contributed by atoms with Crippen molar-refractivity contribution in [3.8, 4) is 11.1 Å². The van der Waals surface area contributed by atoms with E-state index in [1.807, 2.05) is 6.07 Å². The first-order valence-electron chi connectivity index (χ1n) is 7.37. The standard InChI is InChI=1S/C17H16F4N2/c18-15-9-13(10-16(11-15)23-7-5-22-6-8-23)12-1-3-14(4-2-12)17(19,20)21/h1-4,9-11,22H,5-8H2. The van der Waals surface area contributed by atoms with Gasteiger partial charge >= 0.3 is 6.18 Å². The normalized spacial score (nSPS) is 15.7. The second-order valence-corrected chi connectivity index (χ2v) is 5.51. The zero-order valence-corrected chi connectivity index (χ0v) is 12.3. The van der Waals surface area contributed by atoms with Gasteiger partial charge in [0.05, 0.1) is 5.56 Å². The molecule has 3 rings (SSSR count). The third-order valence-electron chi connectivity index (χ3n) is 3.91. The van der Waals surface area contributed by atoms with E-state index in [-0.39, 0.29) is 0 Å². The van der Waals surface area contributed by atoms with Crippen molar-refractivity contribution in [2.75, 3.05) is 31.1 Å². The van der Waals surface area contributed by atoms with Crippen molar-refractivity contribution in [1.29, 1.82) is 0 Å². The summed E-state index contributed by atoms with van der Waals surface area (Å²) < 4.78 is 51.8. The molecule has 1 saturated heterocycles. The highest BCUT2D eigenvalue weighted by Gasteiger charge is 2.30. The summed E-state index contributed by atoms with van der Waals surface area (Å²) in [6, 6.07) is 9.40. The monoisotopic (exact) mass is 324 g/mol. The molecule has 1 fully saturated rings. The fourth-order valence-corrected chi connectivity index (χ4v) is 2.70. The van der Waals surface area contributed by atoms with Crippen LogP contribution in [0.25, 0.3) is 11.1 Å². The Hall–Kier alpha value is -2.08. The van der Waals surface area contributed by atoms with Gasteiger partial charge in [-0.05, 0) is 41.5 Å². The maximum atomic E-state index is 13.9. The van der Waals surface area contributed by atoms with E-state index < -0.39 is 17.6 Å². The highest BCUT2D eigenvalue weighted by Crippen LogP contribution is 2.32. The van der Waals surface area contributed by atoms with Crippen LogP contribution in [0.5, 0.6) is 0 Å². The van der Waals surface area contributed by atoms with Gasteiger partial charge in [0.2, 0.25) is 0 Å². The van der Waals surface area contributed by atoms with Crippen LogP contribution in [0.2, 0.25) is 0 Å². The van der Waals surface area contributed by atoms with Gasteiger partial charge in [0.1, 0.15) is 5.82 Å². The van der Waals surface area contributed by atoms with Crippen molar-refractivity contribution in [1.82, 2.24) is 5.32 Å². The molecular formula is C17H16F4N2. The molecule has 1 aliphatic rings. The minimum absolute atomic E-state index is 0.393. The summed E-state index contributed by atoms with van der Waals surface area (Å²) >= 11 is 0. The van der Waals surface area contributed by atoms with E-state index in [4.69, 9.17) is 0 Å². The summed E-state index contributed by atoms with van der Waals surface area (Å²) in [5, 5.41) is 3.22. The molecule has 1 aliphatic heterocycles. The van der Waals surface area contributed by atoms with Crippen molar-refractivity contribution in [2.24, 2.45) is 0 Å². The van der Waals surface area contributed by atoms with Gasteiger partial charge < -0.3 is 10.2 Å². The number of hydrogen-bond acceptors (Lipinski definition) is 2. The third-order valence-corrected chi connectivity index (χ3v) is 3.91. The van der Waals surface area contributed by atoms with Crippen molar-refractivity contribution in [3.63, 3.8) is 0 Å². The number of nitrogens with zero attached hydrogens (tertiary/aromatic N) is 1. The minimum atomic E-state index is -4.37. The van der Waals surface area contributed by atoms with Gasteiger partial charge in [0.15, 0.2) is 0 Å². The number of benzene rings is 2. The molecule has 0 aromatic heterocycles. The van der Waals surface area contributed by atoms with Gasteiger partial charge in [-0.3, -0.25) is 0 Å². The van der Waals surface area contributed by atoms with Crippen molar-refractivity contribution < 1.29 is 17.6 Å². The highest BCUT2D eigenvalue weighted by atomic mass is 19.4. The number of alkyl halides is 3. The molecule has 0 saturated carbocycles. The summed E-state index contributed by atoms with van der Waals surface area (Å²) in [6.45, 7) is 3.20. The Bertz CT molecular complexity index is 674. The molecule has 0 atom stereocenters. The van der Waals surface area contributed by atoms with Gasteiger partial charge in [-0.15, -0.1) is 0 Å². The lowest BCUT2D eigenvalue weighted by molar-refractivity contribution is -0.137. The molecule has 0 spiro atoms. The van der Waals surface area contributed by atoms with Gasteiger partial charge in [0.25, 0.3) is 0 Å². The maximum Gasteiger partial charge on any atom is 0.416 e. The lowest BCUT2D eigenvalue weighted by Gasteiger charge is -2.29. The topological polar surface area (TPSA) is 15.3 Å². The first kappa shape index (κ1) is 15.8. The molecule has 23 heavy (non-hydrogen) atoms. The number of halogens is 4. The second kappa shape index (κ2) is 6.20. The molecule has 1 heterocycles. The quantitative estimate of drug-likeness (QED) is 0.842. The van der Waals surface area contributed by atoms with Gasteiger partial charge in [-0.2, -0.15) is 13.2 Å². The van der Waals surface area contributed by atoms with Gasteiger partial charge in [0, 0.05) is 31.9 Å².